The average molecular weight is 385 g/mol. The summed E-state index contributed by atoms with van der Waals surface area (Å²) in [6.45, 7) is 0. The minimum absolute atomic E-state index is 0.303. The van der Waals surface area contributed by atoms with Gasteiger partial charge in [0.2, 0.25) is 0 Å². The maximum Gasteiger partial charge on any atom is 0.417 e. The van der Waals surface area contributed by atoms with Gasteiger partial charge in [-0.25, -0.2) is 9.18 Å². The van der Waals surface area contributed by atoms with E-state index in [9.17, 15) is 9.18 Å². The maximum atomic E-state index is 13.1. The van der Waals surface area contributed by atoms with Gasteiger partial charge >= 0.3 is 5.76 Å². The van der Waals surface area contributed by atoms with Gasteiger partial charge in [0.1, 0.15) is 5.82 Å². The number of anilines is 3. The molecular formula is C13H9FIN3O2. The van der Waals surface area contributed by atoms with Gasteiger partial charge in [0.05, 0.1) is 22.6 Å². The third-order valence-electron chi connectivity index (χ3n) is 2.79. The highest BCUT2D eigenvalue weighted by Crippen LogP contribution is 2.29. The van der Waals surface area contributed by atoms with Gasteiger partial charge in [0.15, 0.2) is 5.58 Å². The fourth-order valence-corrected chi connectivity index (χ4v) is 2.47. The molecule has 20 heavy (non-hydrogen) atoms. The molecule has 1 aromatic heterocycles. The van der Waals surface area contributed by atoms with Gasteiger partial charge in [-0.2, -0.15) is 0 Å². The van der Waals surface area contributed by atoms with E-state index >= 15 is 0 Å². The summed E-state index contributed by atoms with van der Waals surface area (Å²) >= 11 is 2.03. The van der Waals surface area contributed by atoms with Crippen LogP contribution in [-0.4, -0.2) is 4.98 Å². The van der Waals surface area contributed by atoms with Crippen molar-refractivity contribution < 1.29 is 8.81 Å². The molecule has 102 valence electrons. The van der Waals surface area contributed by atoms with Crippen molar-refractivity contribution in [2.24, 2.45) is 0 Å². The number of nitrogens with one attached hydrogen (secondary N) is 2. The fraction of sp³-hybridized carbons (Fsp3) is 0. The van der Waals surface area contributed by atoms with Crippen LogP contribution in [0.25, 0.3) is 11.1 Å². The zero-order valence-corrected chi connectivity index (χ0v) is 12.2. The molecule has 0 aliphatic carbocycles. The Labute approximate surface area is 126 Å². The molecule has 4 N–H and O–H groups in total. The summed E-state index contributed by atoms with van der Waals surface area (Å²) in [6.07, 6.45) is 0. The summed E-state index contributed by atoms with van der Waals surface area (Å²) in [5.74, 6) is -0.838. The van der Waals surface area contributed by atoms with Crippen LogP contribution < -0.4 is 16.8 Å². The van der Waals surface area contributed by atoms with Crippen LogP contribution in [-0.2, 0) is 0 Å². The minimum atomic E-state index is -0.534. The summed E-state index contributed by atoms with van der Waals surface area (Å²) in [5.41, 5.74) is 8.62. The predicted molar refractivity (Wildman–Crippen MR) is 83.6 cm³/mol. The normalized spacial score (nSPS) is 10.9. The van der Waals surface area contributed by atoms with Crippen LogP contribution in [0, 0.1) is 9.39 Å². The van der Waals surface area contributed by atoms with Crippen molar-refractivity contribution in [2.75, 3.05) is 11.1 Å². The molecular weight excluding hydrogens is 376 g/mol. The molecule has 0 atom stereocenters. The molecule has 0 unspecified atom stereocenters. The topological polar surface area (TPSA) is 84.0 Å². The Morgan fingerprint density at radius 3 is 2.80 bits per heavy atom. The van der Waals surface area contributed by atoms with Crippen molar-refractivity contribution in [3.05, 3.63) is 50.3 Å². The van der Waals surface area contributed by atoms with Gasteiger partial charge in [-0.05, 0) is 46.9 Å². The first-order valence-electron chi connectivity index (χ1n) is 5.67. The van der Waals surface area contributed by atoms with Gasteiger partial charge in [-0.3, -0.25) is 4.98 Å². The van der Waals surface area contributed by atoms with Crippen molar-refractivity contribution >= 4 is 50.8 Å². The molecule has 7 heteroatoms. The molecule has 3 aromatic rings. The highest BCUT2D eigenvalue weighted by Gasteiger charge is 2.09. The standard InChI is InChI=1S/C13H9FIN3O2/c14-6-1-2-9(7(15)3-6)17-10-5-11-12(4-8(10)16)20-13(19)18-11/h1-5,17H,16H2,(H,18,19). The van der Waals surface area contributed by atoms with Crippen LogP contribution in [0.15, 0.2) is 39.5 Å². The second-order valence-electron chi connectivity index (χ2n) is 4.20. The number of nitrogen functional groups attached to an aromatic ring is 1. The second-order valence-corrected chi connectivity index (χ2v) is 5.36. The monoisotopic (exact) mass is 385 g/mol. The molecule has 0 spiro atoms. The third kappa shape index (κ3) is 2.36. The Morgan fingerprint density at radius 1 is 1.25 bits per heavy atom. The van der Waals surface area contributed by atoms with Crippen LogP contribution in [0.5, 0.6) is 0 Å². The van der Waals surface area contributed by atoms with Gasteiger partial charge < -0.3 is 15.5 Å². The Balaban J connectivity index is 2.05. The first-order chi connectivity index (χ1) is 9.52. The van der Waals surface area contributed by atoms with Crippen molar-refractivity contribution in [1.82, 2.24) is 4.98 Å². The molecule has 5 nitrogen and oxygen atoms in total. The van der Waals surface area contributed by atoms with Crippen LogP contribution >= 0.6 is 22.6 Å². The molecule has 0 bridgehead atoms. The lowest BCUT2D eigenvalue weighted by Gasteiger charge is -2.11. The lowest BCUT2D eigenvalue weighted by atomic mass is 10.2. The van der Waals surface area contributed by atoms with Gasteiger partial charge in [-0.15, -0.1) is 0 Å². The lowest BCUT2D eigenvalue weighted by molar-refractivity contribution is 0.555. The number of nitrogens with two attached hydrogens (primary N) is 1. The number of H-pyrrole nitrogens is 1. The van der Waals surface area contributed by atoms with Crippen LogP contribution in [0.3, 0.4) is 0 Å². The summed E-state index contributed by atoms with van der Waals surface area (Å²) in [5, 5.41) is 3.11. The number of aromatic amines is 1. The van der Waals surface area contributed by atoms with Gasteiger partial charge in [0.25, 0.3) is 0 Å². The van der Waals surface area contributed by atoms with E-state index in [0.29, 0.717) is 22.5 Å². The molecule has 0 radical (unpaired) electrons. The Morgan fingerprint density at radius 2 is 2.05 bits per heavy atom. The largest absolute Gasteiger partial charge is 0.417 e. The van der Waals surface area contributed by atoms with Crippen LogP contribution in [0.4, 0.5) is 21.5 Å². The highest BCUT2D eigenvalue weighted by atomic mass is 127. The molecule has 0 aliphatic rings. The Hall–Kier alpha value is -2.03. The van der Waals surface area contributed by atoms with E-state index in [-0.39, 0.29) is 5.82 Å². The van der Waals surface area contributed by atoms with E-state index in [1.54, 1.807) is 18.2 Å². The molecule has 1 heterocycles. The smallest absolute Gasteiger partial charge is 0.408 e. The number of aromatic nitrogens is 1. The molecule has 3 rings (SSSR count). The van der Waals surface area contributed by atoms with E-state index in [1.807, 2.05) is 22.6 Å². The number of halogens is 2. The predicted octanol–water partition coefficient (Wildman–Crippen LogP) is 3.19. The van der Waals surface area contributed by atoms with Crippen molar-refractivity contribution in [3.8, 4) is 0 Å². The van der Waals surface area contributed by atoms with E-state index in [0.717, 1.165) is 9.26 Å². The maximum absolute atomic E-state index is 13.1. The number of oxazole rings is 1. The Bertz CT molecular complexity index is 856. The number of rotatable bonds is 2. The van der Waals surface area contributed by atoms with Crippen molar-refractivity contribution in [2.45, 2.75) is 0 Å². The number of fused-ring (bicyclic) bond motifs is 1. The number of hydrogen-bond acceptors (Lipinski definition) is 4. The third-order valence-corrected chi connectivity index (χ3v) is 3.68. The molecule has 0 saturated carbocycles. The quantitative estimate of drug-likeness (QED) is 0.467. The lowest BCUT2D eigenvalue weighted by Crippen LogP contribution is -1.98. The zero-order valence-electron chi connectivity index (χ0n) is 10.0. The van der Waals surface area contributed by atoms with Crippen LogP contribution in [0.1, 0.15) is 0 Å². The fourth-order valence-electron chi connectivity index (χ4n) is 1.86. The van der Waals surface area contributed by atoms with Crippen molar-refractivity contribution in [3.63, 3.8) is 0 Å². The number of hydrogen-bond donors (Lipinski definition) is 3. The molecule has 2 aromatic carbocycles. The van der Waals surface area contributed by atoms with E-state index in [1.165, 1.54) is 12.1 Å². The second kappa shape index (κ2) is 4.82. The summed E-state index contributed by atoms with van der Waals surface area (Å²) < 4.78 is 18.7. The zero-order chi connectivity index (χ0) is 14.3. The Kier molecular flexibility index (Phi) is 3.13. The van der Waals surface area contributed by atoms with E-state index in [4.69, 9.17) is 10.2 Å². The van der Waals surface area contributed by atoms with Crippen molar-refractivity contribution in [1.29, 1.82) is 0 Å². The summed E-state index contributed by atoms with van der Waals surface area (Å²) in [7, 11) is 0. The van der Waals surface area contributed by atoms with Gasteiger partial charge in [-0.1, -0.05) is 0 Å². The average Bonchev–Trinajstić information content (AvgIpc) is 2.72. The highest BCUT2D eigenvalue weighted by molar-refractivity contribution is 14.1. The number of benzene rings is 2. The summed E-state index contributed by atoms with van der Waals surface area (Å²) in [6, 6.07) is 7.64. The van der Waals surface area contributed by atoms with E-state index in [2.05, 4.69) is 10.3 Å². The van der Waals surface area contributed by atoms with Crippen LogP contribution in [0.2, 0.25) is 0 Å². The minimum Gasteiger partial charge on any atom is -0.408 e. The van der Waals surface area contributed by atoms with Gasteiger partial charge in [0, 0.05) is 9.64 Å². The first kappa shape index (κ1) is 13.0. The van der Waals surface area contributed by atoms with E-state index < -0.39 is 5.76 Å². The molecule has 0 fully saturated rings. The SMILES string of the molecule is Nc1cc2oc(=O)[nH]c2cc1Nc1ccc(F)cc1I. The molecule has 0 amide bonds. The first-order valence-corrected chi connectivity index (χ1v) is 6.75. The molecule has 0 aliphatic heterocycles. The summed E-state index contributed by atoms with van der Waals surface area (Å²) in [4.78, 5) is 13.7. The molecule has 0 saturated heterocycles.